The molecule has 1 aliphatic rings. The lowest BCUT2D eigenvalue weighted by atomic mass is 10.1. The zero-order valence-electron chi connectivity index (χ0n) is 15.3. The molecule has 0 unspecified atom stereocenters. The summed E-state index contributed by atoms with van der Waals surface area (Å²) >= 11 is 0. The number of benzene rings is 1. The van der Waals surface area contributed by atoms with Crippen LogP contribution in [0.25, 0.3) is 0 Å². The Kier molecular flexibility index (Phi) is 6.06. The molecule has 0 amide bonds. The van der Waals surface area contributed by atoms with Gasteiger partial charge in [0.2, 0.25) is 5.89 Å². The van der Waals surface area contributed by atoms with Crippen molar-refractivity contribution in [2.75, 3.05) is 42.6 Å². The first kappa shape index (κ1) is 21.7. The number of nitriles is 1. The fourth-order valence-corrected chi connectivity index (χ4v) is 2.87. The van der Waals surface area contributed by atoms with Crippen LogP contribution < -0.4 is 9.80 Å². The number of morpholine rings is 1. The fraction of sp³-hybridized carbons (Fsp3) is 0.471. The van der Waals surface area contributed by atoms with E-state index in [-0.39, 0.29) is 17.6 Å². The van der Waals surface area contributed by atoms with Crippen molar-refractivity contribution < 1.29 is 35.5 Å². The maximum Gasteiger partial charge on any atom is 0.417 e. The average Bonchev–Trinajstić information content (AvgIpc) is 3.14. The highest BCUT2D eigenvalue weighted by molar-refractivity contribution is 5.55. The van der Waals surface area contributed by atoms with Crippen LogP contribution in [-0.4, -0.2) is 49.2 Å². The third-order valence-corrected chi connectivity index (χ3v) is 4.23. The average molecular weight is 435 g/mol. The van der Waals surface area contributed by atoms with E-state index in [0.717, 1.165) is 12.1 Å². The first-order valence-electron chi connectivity index (χ1n) is 8.65. The van der Waals surface area contributed by atoms with Crippen LogP contribution in [0.5, 0.6) is 0 Å². The number of hydrogen-bond donors (Lipinski definition) is 0. The molecule has 0 spiro atoms. The van der Waals surface area contributed by atoms with E-state index in [4.69, 9.17) is 14.4 Å². The first-order valence-corrected chi connectivity index (χ1v) is 8.65. The minimum atomic E-state index is -4.90. The van der Waals surface area contributed by atoms with Crippen LogP contribution in [0, 0.1) is 11.3 Å². The van der Waals surface area contributed by atoms with Crippen LogP contribution >= 0.6 is 0 Å². The van der Waals surface area contributed by atoms with Gasteiger partial charge >= 0.3 is 18.4 Å². The number of nitrogens with zero attached hydrogens (tertiary/aromatic N) is 5. The predicted octanol–water partition coefficient (Wildman–Crippen LogP) is 3.37. The SMILES string of the molecule is N#Cc1ccc(N(Cc2nnc(N3CCOCC3)o2)CC(F)(F)F)cc1C(F)(F)F. The highest BCUT2D eigenvalue weighted by Gasteiger charge is 2.36. The molecule has 0 radical (unpaired) electrons. The first-order chi connectivity index (χ1) is 14.1. The Hall–Kier alpha value is -3.01. The van der Waals surface area contributed by atoms with Gasteiger partial charge in [-0.3, -0.25) is 0 Å². The van der Waals surface area contributed by atoms with E-state index < -0.39 is 36.6 Å². The Morgan fingerprint density at radius 1 is 1.10 bits per heavy atom. The fourth-order valence-electron chi connectivity index (χ4n) is 2.87. The summed E-state index contributed by atoms with van der Waals surface area (Å²) < 4.78 is 89.4. The van der Waals surface area contributed by atoms with Crippen LogP contribution in [0.1, 0.15) is 17.0 Å². The summed E-state index contributed by atoms with van der Waals surface area (Å²) in [5, 5.41) is 16.4. The molecule has 0 aliphatic carbocycles. The van der Waals surface area contributed by atoms with E-state index >= 15 is 0 Å². The smallest absolute Gasteiger partial charge is 0.406 e. The summed E-state index contributed by atoms with van der Waals surface area (Å²) in [4.78, 5) is 2.32. The molecule has 0 atom stereocenters. The molecule has 2 heterocycles. The van der Waals surface area contributed by atoms with Crippen LogP contribution in [0.15, 0.2) is 22.6 Å². The maximum absolute atomic E-state index is 13.2. The van der Waals surface area contributed by atoms with Crippen molar-refractivity contribution in [1.82, 2.24) is 10.2 Å². The molecule has 1 saturated heterocycles. The normalized spacial score (nSPS) is 15.2. The molecule has 1 aromatic carbocycles. The van der Waals surface area contributed by atoms with Gasteiger partial charge in [0.15, 0.2) is 0 Å². The molecule has 7 nitrogen and oxygen atoms in total. The molecule has 30 heavy (non-hydrogen) atoms. The van der Waals surface area contributed by atoms with Crippen LogP contribution in [0.4, 0.5) is 38.0 Å². The molecular weight excluding hydrogens is 420 g/mol. The molecule has 3 rings (SSSR count). The lowest BCUT2D eigenvalue weighted by molar-refractivity contribution is -0.137. The van der Waals surface area contributed by atoms with Gasteiger partial charge in [-0.2, -0.15) is 31.6 Å². The largest absolute Gasteiger partial charge is 0.417 e. The van der Waals surface area contributed by atoms with Crippen molar-refractivity contribution in [2.24, 2.45) is 0 Å². The minimum Gasteiger partial charge on any atom is -0.406 e. The second kappa shape index (κ2) is 8.39. The lowest BCUT2D eigenvalue weighted by Gasteiger charge is -2.26. The molecule has 0 N–H and O–H groups in total. The van der Waals surface area contributed by atoms with Crippen LogP contribution in [0.2, 0.25) is 0 Å². The Bertz CT molecular complexity index is 915. The van der Waals surface area contributed by atoms with Crippen molar-refractivity contribution in [2.45, 2.75) is 18.9 Å². The van der Waals surface area contributed by atoms with Gasteiger partial charge in [-0.25, -0.2) is 0 Å². The summed E-state index contributed by atoms with van der Waals surface area (Å²) in [5.74, 6) is -0.196. The third kappa shape index (κ3) is 5.32. The zero-order chi connectivity index (χ0) is 21.9. The maximum atomic E-state index is 13.2. The second-order valence-corrected chi connectivity index (χ2v) is 6.39. The summed E-state index contributed by atoms with van der Waals surface area (Å²) in [6, 6.07) is 3.83. The standard InChI is InChI=1S/C17H15F6N5O2/c18-16(19,20)10-28(12-2-1-11(8-24)13(7-12)17(21,22)23)9-14-25-26-15(30-14)27-3-5-29-6-4-27/h1-2,7H,3-6,9-10H2. The van der Waals surface area contributed by atoms with Gasteiger partial charge in [0.05, 0.1) is 37.0 Å². The highest BCUT2D eigenvalue weighted by Crippen LogP contribution is 2.35. The van der Waals surface area contributed by atoms with Gasteiger partial charge in [-0.1, -0.05) is 5.10 Å². The van der Waals surface area contributed by atoms with Gasteiger partial charge in [-0.05, 0) is 18.2 Å². The highest BCUT2D eigenvalue weighted by atomic mass is 19.4. The van der Waals surface area contributed by atoms with E-state index in [2.05, 4.69) is 10.2 Å². The number of alkyl halides is 6. The summed E-state index contributed by atoms with van der Waals surface area (Å²) in [6.07, 6.45) is -9.61. The molecular formula is C17H15F6N5O2. The summed E-state index contributed by atoms with van der Waals surface area (Å²) in [5.41, 5.74) is -2.40. The number of hydrogen-bond acceptors (Lipinski definition) is 7. The van der Waals surface area contributed by atoms with Crippen molar-refractivity contribution in [3.63, 3.8) is 0 Å². The van der Waals surface area contributed by atoms with Gasteiger partial charge in [-0.15, -0.1) is 5.10 Å². The third-order valence-electron chi connectivity index (χ3n) is 4.23. The number of ether oxygens (including phenoxy) is 1. The molecule has 1 fully saturated rings. The van der Waals surface area contributed by atoms with Gasteiger partial charge in [0, 0.05) is 18.8 Å². The summed E-state index contributed by atoms with van der Waals surface area (Å²) in [7, 11) is 0. The predicted molar refractivity (Wildman–Crippen MR) is 90.6 cm³/mol. The molecule has 0 bridgehead atoms. The minimum absolute atomic E-state index is 0.0936. The van der Waals surface area contributed by atoms with Crippen molar-refractivity contribution in [3.8, 4) is 6.07 Å². The quantitative estimate of drug-likeness (QED) is 0.667. The van der Waals surface area contributed by atoms with E-state index in [1.807, 2.05) is 0 Å². The van der Waals surface area contributed by atoms with E-state index in [0.29, 0.717) is 37.3 Å². The Morgan fingerprint density at radius 3 is 2.40 bits per heavy atom. The molecule has 1 aliphatic heterocycles. The number of aromatic nitrogens is 2. The molecule has 2 aromatic rings. The van der Waals surface area contributed by atoms with Crippen LogP contribution in [-0.2, 0) is 17.5 Å². The van der Waals surface area contributed by atoms with E-state index in [1.54, 1.807) is 4.90 Å². The monoisotopic (exact) mass is 435 g/mol. The lowest BCUT2D eigenvalue weighted by Crippen LogP contribution is -2.36. The van der Waals surface area contributed by atoms with Gasteiger partial charge < -0.3 is 19.0 Å². The van der Waals surface area contributed by atoms with Gasteiger partial charge in [0.25, 0.3) is 0 Å². The van der Waals surface area contributed by atoms with Crippen LogP contribution in [0.3, 0.4) is 0 Å². The number of halogens is 6. The zero-order valence-corrected chi connectivity index (χ0v) is 15.3. The number of anilines is 2. The Labute approximate surface area is 166 Å². The number of rotatable bonds is 5. The molecule has 0 saturated carbocycles. The topological polar surface area (TPSA) is 78.4 Å². The Morgan fingerprint density at radius 2 is 1.80 bits per heavy atom. The molecule has 162 valence electrons. The van der Waals surface area contributed by atoms with E-state index in [9.17, 15) is 26.3 Å². The van der Waals surface area contributed by atoms with Crippen molar-refractivity contribution in [3.05, 3.63) is 35.2 Å². The summed E-state index contributed by atoms with van der Waals surface area (Å²) in [6.45, 7) is -0.366. The Balaban J connectivity index is 1.89. The van der Waals surface area contributed by atoms with Gasteiger partial charge in [0.1, 0.15) is 6.54 Å². The van der Waals surface area contributed by atoms with Crippen molar-refractivity contribution in [1.29, 1.82) is 5.26 Å². The van der Waals surface area contributed by atoms with Crippen molar-refractivity contribution >= 4 is 11.7 Å². The molecule has 13 heteroatoms. The second-order valence-electron chi connectivity index (χ2n) is 6.39. The molecule has 1 aromatic heterocycles. The van der Waals surface area contributed by atoms with E-state index in [1.165, 1.54) is 6.07 Å².